The van der Waals surface area contributed by atoms with Crippen molar-refractivity contribution in [3.63, 3.8) is 0 Å². The van der Waals surface area contributed by atoms with Gasteiger partial charge in [-0.25, -0.2) is 0 Å². The Morgan fingerprint density at radius 2 is 0.675 bits per heavy atom. The van der Waals surface area contributed by atoms with E-state index in [2.05, 4.69) is 0 Å². The van der Waals surface area contributed by atoms with Crippen molar-refractivity contribution in [1.82, 2.24) is 0 Å². The molecule has 0 saturated carbocycles. The number of carbonyl (C=O) groups is 3. The molecular formula is C27H27GeN3O9-6. The van der Waals surface area contributed by atoms with Crippen LogP contribution in [0.25, 0.3) is 17.2 Å². The van der Waals surface area contributed by atoms with E-state index in [1.165, 1.54) is 36.4 Å². The van der Waals surface area contributed by atoms with Gasteiger partial charge in [0.15, 0.2) is 0 Å². The van der Waals surface area contributed by atoms with Crippen LogP contribution in [0.3, 0.4) is 0 Å². The first-order chi connectivity index (χ1) is 18.3. The predicted molar refractivity (Wildman–Crippen MR) is 141 cm³/mol. The summed E-state index contributed by atoms with van der Waals surface area (Å²) in [6, 6.07) is 14.5. The molecule has 40 heavy (non-hydrogen) atoms. The number of aliphatic carboxylic acids is 3. The van der Waals surface area contributed by atoms with Crippen LogP contribution in [0.15, 0.2) is 72.8 Å². The molecule has 12 nitrogen and oxygen atoms in total. The third kappa shape index (κ3) is 14.7. The van der Waals surface area contributed by atoms with Crippen LogP contribution in [0, 0.1) is 0 Å². The molecule has 0 amide bonds. The van der Waals surface area contributed by atoms with E-state index in [1.807, 2.05) is 0 Å². The number of carbonyl (C=O) groups excluding carboxylic acids is 3. The second kappa shape index (κ2) is 18.2. The Morgan fingerprint density at radius 3 is 0.825 bits per heavy atom. The van der Waals surface area contributed by atoms with Gasteiger partial charge >= 0.3 is 0 Å². The summed E-state index contributed by atoms with van der Waals surface area (Å²) in [5.41, 5.74) is 23.4. The van der Waals surface area contributed by atoms with Crippen LogP contribution in [0.5, 0.6) is 17.2 Å². The van der Waals surface area contributed by atoms with Gasteiger partial charge in [-0.05, 0) is 72.4 Å². The van der Waals surface area contributed by atoms with E-state index in [1.54, 1.807) is 36.4 Å². The first kappa shape index (κ1) is 35.9. The van der Waals surface area contributed by atoms with Crippen LogP contribution in [-0.2, 0) is 33.6 Å². The number of phenols is 3. The molecule has 4 radical (unpaired) electrons. The molecule has 0 aliphatic carbocycles. The van der Waals surface area contributed by atoms with Gasteiger partial charge in [-0.1, -0.05) is 54.5 Å². The number of hydrogen-bond acceptors (Lipinski definition) is 9. The molecule has 3 atom stereocenters. The number of aromatic hydroxyl groups is 3. The molecule has 214 valence electrons. The molecule has 0 aliphatic rings. The summed E-state index contributed by atoms with van der Waals surface area (Å²) in [5.74, 6) is -3.77. The van der Waals surface area contributed by atoms with Crippen molar-refractivity contribution >= 4 is 35.5 Å². The molecule has 0 heterocycles. The number of benzene rings is 3. The van der Waals surface area contributed by atoms with Gasteiger partial charge in [0.1, 0.15) is 17.2 Å². The molecule has 3 aromatic carbocycles. The zero-order valence-corrected chi connectivity index (χ0v) is 23.2. The van der Waals surface area contributed by atoms with Crippen molar-refractivity contribution in [2.75, 3.05) is 0 Å². The zero-order chi connectivity index (χ0) is 29.5. The summed E-state index contributed by atoms with van der Waals surface area (Å²) >= 11 is 0. The number of rotatable bonds is 9. The van der Waals surface area contributed by atoms with Gasteiger partial charge in [-0.15, -0.1) is 0 Å². The largest absolute Gasteiger partial charge is 0.670 e. The topological polar surface area (TPSA) is 252 Å². The fourth-order valence-electron chi connectivity index (χ4n) is 2.85. The van der Waals surface area contributed by atoms with Crippen LogP contribution in [0.2, 0.25) is 0 Å². The molecule has 3 rings (SSSR count). The average Bonchev–Trinajstić information content (AvgIpc) is 2.88. The maximum Gasteiger partial charge on any atom is 0.115 e. The monoisotopic (exact) mass is 611 g/mol. The number of carboxylic acids is 3. The summed E-state index contributed by atoms with van der Waals surface area (Å²) in [6.45, 7) is 0. The molecule has 13 heteroatoms. The second-order valence-electron chi connectivity index (χ2n) is 8.23. The van der Waals surface area contributed by atoms with Crippen molar-refractivity contribution in [3.05, 3.63) is 107 Å². The van der Waals surface area contributed by atoms with Crippen molar-refractivity contribution < 1.29 is 45.0 Å². The molecular weight excluding hydrogens is 583 g/mol. The maximum atomic E-state index is 10.2. The minimum Gasteiger partial charge on any atom is -0.670 e. The Labute approximate surface area is 241 Å². The molecule has 0 spiro atoms. The Balaban J connectivity index is 0.000000563. The van der Waals surface area contributed by atoms with Crippen LogP contribution < -0.4 is 15.3 Å². The smallest absolute Gasteiger partial charge is 0.115 e. The SMILES string of the molecule is [Ge].[NH-]C(Cc1ccc(O)cc1)C(=O)[O-].[NH-]C(Cc1ccc(O)cc1)C(=O)[O-].[NH-]C(Cc1ccc(O)cc1)C(=O)[O-]. The minimum atomic E-state index is -1.38. The summed E-state index contributed by atoms with van der Waals surface area (Å²) in [7, 11) is 0. The van der Waals surface area contributed by atoms with Gasteiger partial charge in [0.05, 0.1) is 0 Å². The van der Waals surface area contributed by atoms with Gasteiger partial charge in [0, 0.05) is 35.5 Å². The van der Waals surface area contributed by atoms with Gasteiger partial charge in [-0.2, -0.15) is 0 Å². The quantitative estimate of drug-likeness (QED) is 0.274. The Kier molecular flexibility index (Phi) is 16.4. The van der Waals surface area contributed by atoms with Crippen molar-refractivity contribution in [3.8, 4) is 17.2 Å². The summed E-state index contributed by atoms with van der Waals surface area (Å²) in [6.07, 6.45) is 0.299. The van der Waals surface area contributed by atoms with E-state index in [-0.39, 0.29) is 54.1 Å². The van der Waals surface area contributed by atoms with Crippen LogP contribution in [-0.4, -0.2) is 68.9 Å². The number of nitrogens with one attached hydrogen (secondary N) is 3. The Morgan fingerprint density at radius 1 is 0.500 bits per heavy atom. The van der Waals surface area contributed by atoms with E-state index in [0.717, 1.165) is 0 Å². The first-order valence-electron chi connectivity index (χ1n) is 11.4. The fourth-order valence-corrected chi connectivity index (χ4v) is 2.85. The van der Waals surface area contributed by atoms with E-state index in [0.29, 0.717) is 16.7 Å². The van der Waals surface area contributed by atoms with Gasteiger partial charge in [-0.3, -0.25) is 0 Å². The van der Waals surface area contributed by atoms with E-state index < -0.39 is 36.0 Å². The number of hydrogen-bond donors (Lipinski definition) is 3. The molecule has 0 aromatic heterocycles. The van der Waals surface area contributed by atoms with E-state index in [4.69, 9.17) is 32.5 Å². The summed E-state index contributed by atoms with van der Waals surface area (Å²) in [5, 5.41) is 57.4. The third-order valence-corrected chi connectivity index (χ3v) is 4.98. The Bertz CT molecular complexity index is 1040. The predicted octanol–water partition coefficient (Wildman–Crippen LogP) is -0.0646. The van der Waals surface area contributed by atoms with Crippen LogP contribution in [0.1, 0.15) is 16.7 Å². The minimum absolute atomic E-state index is 0. The van der Waals surface area contributed by atoms with Crippen LogP contribution in [0.4, 0.5) is 0 Å². The fraction of sp³-hybridized carbons (Fsp3) is 0.222. The van der Waals surface area contributed by atoms with Gasteiger partial charge < -0.3 is 62.2 Å². The van der Waals surface area contributed by atoms with Crippen molar-refractivity contribution in [1.29, 1.82) is 0 Å². The average molecular weight is 610 g/mol. The first-order valence-corrected chi connectivity index (χ1v) is 11.4. The molecule has 3 unspecified atom stereocenters. The summed E-state index contributed by atoms with van der Waals surface area (Å²) in [4.78, 5) is 30.7. The molecule has 6 N–H and O–H groups in total. The zero-order valence-electron chi connectivity index (χ0n) is 21.1. The van der Waals surface area contributed by atoms with Gasteiger partial charge in [0.2, 0.25) is 0 Å². The number of carboxylic acid groups (broad SMARTS) is 3. The maximum absolute atomic E-state index is 10.2. The molecule has 0 saturated heterocycles. The standard InChI is InChI=1S/3C9H10NO3.Ge/c3*10-8(9(12)13)5-6-1-3-7(11)4-2-6;/h3*1-4,8,10-11H,5H2,(H,12,13);/q3*-1;/p-3. The third-order valence-electron chi connectivity index (χ3n) is 4.98. The normalized spacial score (nSPS) is 12.1. The Hall–Kier alpha value is -4.11. The summed E-state index contributed by atoms with van der Waals surface area (Å²) < 4.78 is 0. The van der Waals surface area contributed by atoms with E-state index >= 15 is 0 Å². The van der Waals surface area contributed by atoms with Crippen molar-refractivity contribution in [2.45, 2.75) is 37.4 Å². The van der Waals surface area contributed by atoms with E-state index in [9.17, 15) is 29.7 Å². The van der Waals surface area contributed by atoms with Gasteiger partial charge in [0.25, 0.3) is 0 Å². The number of phenolic OH excluding ortho intramolecular Hbond substituents is 3. The molecule has 0 bridgehead atoms. The molecule has 0 aliphatic heterocycles. The second-order valence-corrected chi connectivity index (χ2v) is 8.23. The van der Waals surface area contributed by atoms with Crippen molar-refractivity contribution in [2.24, 2.45) is 0 Å². The van der Waals surface area contributed by atoms with Crippen LogP contribution >= 0.6 is 0 Å². The molecule has 3 aromatic rings. The molecule has 0 fully saturated rings.